The Balaban J connectivity index is 1.72. The van der Waals surface area contributed by atoms with Crippen LogP contribution >= 0.6 is 0 Å². The van der Waals surface area contributed by atoms with Crippen molar-refractivity contribution in [2.75, 3.05) is 20.3 Å². The monoisotopic (exact) mass is 411 g/mol. The van der Waals surface area contributed by atoms with Crippen LogP contribution in [0, 0.1) is 5.92 Å². The molecule has 2 aliphatic heterocycles. The number of rotatable bonds is 8. The van der Waals surface area contributed by atoms with E-state index >= 15 is 0 Å². The molecule has 2 unspecified atom stereocenters. The lowest BCUT2D eigenvalue weighted by Crippen LogP contribution is -2.57. The standard InChI is InChI=1S/C22H37NO6/c1-7-20(4,12-24)23-19(25)28-15-10-11-22(13-27-22)18(17(15)26-6)21(5)16(29-21)9-8-14(2)3/h8,15-18,24H,7,9-13H2,1-6H3,(H,23,25)/t15-,16-,17?,18-,20?,21+,22+/m1/s1. The molecule has 2 saturated heterocycles. The number of carbonyl (C=O) groups is 1. The molecule has 1 spiro atoms. The summed E-state index contributed by atoms with van der Waals surface area (Å²) >= 11 is 0. The van der Waals surface area contributed by atoms with Crippen LogP contribution in [-0.2, 0) is 18.9 Å². The Kier molecular flexibility index (Phi) is 6.35. The highest BCUT2D eigenvalue weighted by atomic mass is 16.6. The SMILES string of the molecule is CCC(C)(CO)NC(=O)O[C@@H]1CC[C@]2(CO2)[C@@H]([C@@]2(C)O[C@@H]2CC=C(C)C)C1OC. The quantitative estimate of drug-likeness (QED) is 0.471. The van der Waals surface area contributed by atoms with Crippen LogP contribution in [0.4, 0.5) is 4.79 Å². The zero-order valence-electron chi connectivity index (χ0n) is 18.6. The van der Waals surface area contributed by atoms with Crippen molar-refractivity contribution in [2.45, 2.75) is 95.4 Å². The average molecular weight is 412 g/mol. The molecular weight excluding hydrogens is 374 g/mol. The lowest BCUT2D eigenvalue weighted by molar-refractivity contribution is -0.118. The zero-order valence-corrected chi connectivity index (χ0v) is 18.6. The van der Waals surface area contributed by atoms with Gasteiger partial charge in [0.15, 0.2) is 0 Å². The van der Waals surface area contributed by atoms with Gasteiger partial charge in [0.2, 0.25) is 0 Å². The molecule has 3 fully saturated rings. The van der Waals surface area contributed by atoms with Crippen molar-refractivity contribution >= 4 is 6.09 Å². The van der Waals surface area contributed by atoms with E-state index in [0.29, 0.717) is 19.4 Å². The molecule has 3 rings (SSSR count). The first-order valence-corrected chi connectivity index (χ1v) is 10.7. The minimum Gasteiger partial charge on any atom is -0.443 e. The molecule has 1 aliphatic carbocycles. The number of aliphatic hydroxyl groups is 1. The van der Waals surface area contributed by atoms with Gasteiger partial charge in [0.1, 0.15) is 23.4 Å². The van der Waals surface area contributed by atoms with Crippen LogP contribution in [0.15, 0.2) is 11.6 Å². The highest BCUT2D eigenvalue weighted by molar-refractivity contribution is 5.68. The maximum atomic E-state index is 12.5. The Labute approximate surface area is 174 Å². The maximum Gasteiger partial charge on any atom is 0.408 e. The third kappa shape index (κ3) is 4.48. The molecule has 0 aromatic heterocycles. The summed E-state index contributed by atoms with van der Waals surface area (Å²) in [5.74, 6) is -0.00230. The highest BCUT2D eigenvalue weighted by Gasteiger charge is 2.72. The van der Waals surface area contributed by atoms with Crippen LogP contribution in [0.2, 0.25) is 0 Å². The van der Waals surface area contributed by atoms with E-state index in [1.165, 1.54) is 5.57 Å². The van der Waals surface area contributed by atoms with Gasteiger partial charge in [-0.3, -0.25) is 0 Å². The minimum absolute atomic E-state index is 0.00230. The van der Waals surface area contributed by atoms with E-state index < -0.39 is 11.6 Å². The number of nitrogens with one attached hydrogen (secondary N) is 1. The van der Waals surface area contributed by atoms with E-state index in [2.05, 4.69) is 32.2 Å². The number of hydrogen-bond acceptors (Lipinski definition) is 6. The summed E-state index contributed by atoms with van der Waals surface area (Å²) in [5, 5.41) is 12.4. The molecule has 2 heterocycles. The second-order valence-electron chi connectivity index (χ2n) is 9.52. The molecule has 7 heteroatoms. The van der Waals surface area contributed by atoms with Crippen LogP contribution in [0.3, 0.4) is 0 Å². The molecule has 0 aromatic rings. The molecule has 166 valence electrons. The third-order valence-electron chi connectivity index (χ3n) is 7.03. The second-order valence-corrected chi connectivity index (χ2v) is 9.52. The third-order valence-corrected chi connectivity index (χ3v) is 7.03. The van der Waals surface area contributed by atoms with Gasteiger partial charge >= 0.3 is 6.09 Å². The Hall–Kier alpha value is -1.15. The molecular formula is C22H37NO6. The van der Waals surface area contributed by atoms with Gasteiger partial charge in [-0.15, -0.1) is 0 Å². The largest absolute Gasteiger partial charge is 0.443 e. The summed E-state index contributed by atoms with van der Waals surface area (Å²) in [6.07, 6.45) is 4.06. The van der Waals surface area contributed by atoms with Crippen molar-refractivity contribution in [2.24, 2.45) is 5.92 Å². The maximum absolute atomic E-state index is 12.5. The van der Waals surface area contributed by atoms with E-state index in [-0.39, 0.29) is 42.0 Å². The van der Waals surface area contributed by atoms with Crippen LogP contribution < -0.4 is 5.32 Å². The molecule has 1 amide bonds. The molecule has 7 atom stereocenters. The summed E-state index contributed by atoms with van der Waals surface area (Å²) in [7, 11) is 1.66. The van der Waals surface area contributed by atoms with Crippen molar-refractivity contribution in [3.8, 4) is 0 Å². The molecule has 7 nitrogen and oxygen atoms in total. The number of amides is 1. The molecule has 29 heavy (non-hydrogen) atoms. The Morgan fingerprint density at radius 3 is 2.62 bits per heavy atom. The molecule has 0 radical (unpaired) electrons. The number of alkyl carbamates (subject to hydrolysis) is 1. The number of carbonyl (C=O) groups excluding carboxylic acids is 1. The van der Waals surface area contributed by atoms with Gasteiger partial charge in [0.05, 0.1) is 30.8 Å². The average Bonchev–Trinajstić information content (AvgIpc) is 3.59. The van der Waals surface area contributed by atoms with E-state index in [1.807, 2.05) is 6.92 Å². The predicted octanol–water partition coefficient (Wildman–Crippen LogP) is 2.95. The van der Waals surface area contributed by atoms with E-state index in [0.717, 1.165) is 12.8 Å². The van der Waals surface area contributed by atoms with Crippen LogP contribution in [0.1, 0.15) is 60.3 Å². The van der Waals surface area contributed by atoms with Crippen LogP contribution in [0.5, 0.6) is 0 Å². The van der Waals surface area contributed by atoms with Crippen molar-refractivity contribution in [3.63, 3.8) is 0 Å². The van der Waals surface area contributed by atoms with Crippen molar-refractivity contribution in [3.05, 3.63) is 11.6 Å². The number of epoxide rings is 2. The topological polar surface area (TPSA) is 92.9 Å². The first-order chi connectivity index (χ1) is 13.6. The van der Waals surface area contributed by atoms with Gasteiger partial charge in [0, 0.05) is 7.11 Å². The van der Waals surface area contributed by atoms with Gasteiger partial charge in [-0.05, 0) is 53.4 Å². The smallest absolute Gasteiger partial charge is 0.408 e. The van der Waals surface area contributed by atoms with Crippen molar-refractivity contribution in [1.29, 1.82) is 0 Å². The van der Waals surface area contributed by atoms with Gasteiger partial charge < -0.3 is 29.4 Å². The molecule has 2 N–H and O–H groups in total. The summed E-state index contributed by atoms with van der Waals surface area (Å²) in [5.41, 5.74) is -0.0257. The van der Waals surface area contributed by atoms with Gasteiger partial charge in [-0.2, -0.15) is 0 Å². The summed E-state index contributed by atoms with van der Waals surface area (Å²) in [6.45, 7) is 10.6. The van der Waals surface area contributed by atoms with Crippen LogP contribution in [-0.4, -0.2) is 66.6 Å². The van der Waals surface area contributed by atoms with Gasteiger partial charge in [-0.1, -0.05) is 18.6 Å². The Morgan fingerprint density at radius 2 is 2.10 bits per heavy atom. The number of methoxy groups -OCH3 is 1. The fraction of sp³-hybridized carbons (Fsp3) is 0.864. The molecule has 1 saturated carbocycles. The van der Waals surface area contributed by atoms with Gasteiger partial charge in [-0.25, -0.2) is 4.79 Å². The van der Waals surface area contributed by atoms with E-state index in [1.54, 1.807) is 14.0 Å². The first-order valence-electron chi connectivity index (χ1n) is 10.7. The van der Waals surface area contributed by atoms with E-state index in [9.17, 15) is 9.90 Å². The van der Waals surface area contributed by atoms with E-state index in [4.69, 9.17) is 18.9 Å². The summed E-state index contributed by atoms with van der Waals surface area (Å²) in [4.78, 5) is 12.5. The molecule has 0 bridgehead atoms. The Morgan fingerprint density at radius 1 is 1.41 bits per heavy atom. The lowest BCUT2D eigenvalue weighted by Gasteiger charge is -2.43. The van der Waals surface area contributed by atoms with Crippen LogP contribution in [0.25, 0.3) is 0 Å². The second kappa shape index (κ2) is 8.17. The zero-order chi connectivity index (χ0) is 21.4. The van der Waals surface area contributed by atoms with Crippen molar-refractivity contribution < 1.29 is 28.8 Å². The van der Waals surface area contributed by atoms with Gasteiger partial charge in [0.25, 0.3) is 0 Å². The first kappa shape index (κ1) is 22.5. The van der Waals surface area contributed by atoms with Crippen molar-refractivity contribution in [1.82, 2.24) is 5.32 Å². The minimum atomic E-state index is -0.699. The number of hydrogen-bond donors (Lipinski definition) is 2. The predicted molar refractivity (Wildman–Crippen MR) is 109 cm³/mol. The number of aliphatic hydroxyl groups excluding tert-OH is 1. The summed E-state index contributed by atoms with van der Waals surface area (Å²) < 4.78 is 23.8. The molecule has 0 aromatic carbocycles. The summed E-state index contributed by atoms with van der Waals surface area (Å²) in [6, 6.07) is 0. The Bertz CT molecular complexity index is 637. The fourth-order valence-corrected chi connectivity index (χ4v) is 4.72. The number of allylic oxidation sites excluding steroid dienone is 1. The molecule has 3 aliphatic rings. The normalized spacial score (nSPS) is 40.1. The highest BCUT2D eigenvalue weighted by Crippen LogP contribution is 2.59. The fourth-order valence-electron chi connectivity index (χ4n) is 4.72. The number of ether oxygens (including phenoxy) is 4. The lowest BCUT2D eigenvalue weighted by atomic mass is 9.68.